The number of rotatable bonds is 6. The maximum atomic E-state index is 4.76. The average molecular weight is 446 g/mol. The van der Waals surface area contributed by atoms with E-state index in [9.17, 15) is 0 Å². The average Bonchev–Trinajstić information content (AvgIpc) is 3.20. The molecule has 0 saturated carbocycles. The molecule has 0 amide bonds. The fraction of sp³-hybridized carbons (Fsp3) is 0.238. The summed E-state index contributed by atoms with van der Waals surface area (Å²) >= 11 is 9.53. The Balaban J connectivity index is 0.00000101. The molecule has 1 N–H and O–H groups in total. The van der Waals surface area contributed by atoms with E-state index in [-0.39, 0.29) is 5.34 Å². The van der Waals surface area contributed by atoms with E-state index in [4.69, 9.17) is 23.2 Å². The van der Waals surface area contributed by atoms with Crippen molar-refractivity contribution in [2.45, 2.75) is 0 Å². The smallest absolute Gasteiger partial charge is 0.154 e. The summed E-state index contributed by atoms with van der Waals surface area (Å²) in [5.74, 6) is 1.26. The van der Waals surface area contributed by atoms with Crippen LogP contribution >= 0.6 is 23.2 Å². The minimum absolute atomic E-state index is 0.194. The molecule has 0 aliphatic heterocycles. The van der Waals surface area contributed by atoms with Crippen LogP contribution in [0, 0.1) is 0 Å². The minimum Gasteiger partial charge on any atom is -0.378 e. The van der Waals surface area contributed by atoms with Crippen LogP contribution in [-0.4, -0.2) is 38.5 Å². The second-order valence-electron chi connectivity index (χ2n) is 6.55. The third kappa shape index (κ3) is 7.50. The van der Waals surface area contributed by atoms with E-state index in [0.717, 1.165) is 22.7 Å². The molecule has 0 unspecified atom stereocenters. The molecule has 3 rings (SSSR count). The molecule has 0 fully saturated rings. The maximum Gasteiger partial charge on any atom is 0.154 e. The lowest BCUT2D eigenvalue weighted by Crippen LogP contribution is -2.07. The number of anilines is 2. The molecule has 0 bridgehead atoms. The van der Waals surface area contributed by atoms with Gasteiger partial charge in [-0.3, -0.25) is 0 Å². The van der Waals surface area contributed by atoms with E-state index in [2.05, 4.69) is 25.4 Å². The van der Waals surface area contributed by atoms with Gasteiger partial charge in [-0.1, -0.05) is 0 Å². The van der Waals surface area contributed by atoms with Gasteiger partial charge in [-0.05, 0) is 60.7 Å². The van der Waals surface area contributed by atoms with E-state index in [1.54, 1.807) is 0 Å². The van der Waals surface area contributed by atoms with E-state index < -0.39 is 0 Å². The molecule has 0 aliphatic carbocycles. The fourth-order valence-corrected chi connectivity index (χ4v) is 2.35. The topological polar surface area (TPSA) is 71.7 Å². The van der Waals surface area contributed by atoms with Crippen molar-refractivity contribution in [3.05, 3.63) is 60.7 Å². The number of hydrogen-bond donors (Lipinski definition) is 1. The number of alkyl halides is 2. The Bertz CT molecular complexity index is 870. The van der Waals surface area contributed by atoms with E-state index in [1.165, 1.54) is 0 Å². The number of nitrogens with zero attached hydrogens (tertiary/aromatic N) is 6. The highest BCUT2D eigenvalue weighted by atomic mass is 35.5. The molecule has 0 atom stereocenters. The quantitative estimate of drug-likeness (QED) is 0.317. The summed E-state index contributed by atoms with van der Waals surface area (Å²) in [7, 11) is 8.01. The molecule has 0 spiro atoms. The Kier molecular flexibility index (Phi) is 9.31. The van der Waals surface area contributed by atoms with Gasteiger partial charge in [-0.25, -0.2) is 0 Å². The van der Waals surface area contributed by atoms with Gasteiger partial charge in [-0.15, -0.1) is 43.7 Å². The molecule has 158 valence electrons. The first-order valence-corrected chi connectivity index (χ1v) is 10.2. The molecule has 0 radical (unpaired) electrons. The number of H-pyrrole nitrogens is 1. The van der Waals surface area contributed by atoms with Crippen LogP contribution in [-0.2, 0) is 0 Å². The Hall–Kier alpha value is -2.90. The predicted octanol–water partition coefficient (Wildman–Crippen LogP) is 7.40. The van der Waals surface area contributed by atoms with Crippen LogP contribution in [0.3, 0.4) is 0 Å². The molecular formula is C21H25Cl2N7. The highest BCUT2D eigenvalue weighted by Gasteiger charge is 1.99. The zero-order valence-electron chi connectivity index (χ0n) is 17.4. The number of aromatic amines is 1. The number of aromatic nitrogens is 1. The molecule has 30 heavy (non-hydrogen) atoms. The molecular weight excluding hydrogens is 421 g/mol. The molecule has 7 nitrogen and oxygen atoms in total. The van der Waals surface area contributed by atoms with Crippen molar-refractivity contribution in [3.63, 3.8) is 0 Å². The first-order chi connectivity index (χ1) is 14.4. The second-order valence-corrected chi connectivity index (χ2v) is 7.36. The third-order valence-corrected chi connectivity index (χ3v) is 3.93. The van der Waals surface area contributed by atoms with Crippen LogP contribution in [0.1, 0.15) is 0 Å². The lowest BCUT2D eigenvalue weighted by atomic mass is 10.3. The van der Waals surface area contributed by atoms with Crippen molar-refractivity contribution in [1.29, 1.82) is 0 Å². The zero-order valence-corrected chi connectivity index (χ0v) is 18.9. The number of nitrogens with one attached hydrogen (secondary N) is 1. The second kappa shape index (κ2) is 11.9. The fourth-order valence-electron chi connectivity index (χ4n) is 2.35. The van der Waals surface area contributed by atoms with E-state index >= 15 is 0 Å². The number of hydrogen-bond acceptors (Lipinski definition) is 6. The standard InChI is InChI=1S/C20H23N7.CH2Cl2/c1-26(2)17-9-5-15(6-10-17)22-24-19-13-14-20(21-19)25-23-16-7-11-18(12-8-16)27(3)4;2-1-3/h5-14,21H,1-4H3;1H2. The molecule has 1 aromatic heterocycles. The number of benzene rings is 2. The van der Waals surface area contributed by atoms with Crippen LogP contribution in [0.2, 0.25) is 0 Å². The summed E-state index contributed by atoms with van der Waals surface area (Å²) in [4.78, 5) is 7.15. The highest BCUT2D eigenvalue weighted by Crippen LogP contribution is 2.24. The Morgan fingerprint density at radius 3 is 1.23 bits per heavy atom. The number of halogens is 2. The third-order valence-electron chi connectivity index (χ3n) is 3.93. The summed E-state index contributed by atoms with van der Waals surface area (Å²) in [5, 5.41) is 17.1. The van der Waals surface area contributed by atoms with Crippen molar-refractivity contribution in [1.82, 2.24) is 4.98 Å². The van der Waals surface area contributed by atoms with Crippen LogP contribution in [0.25, 0.3) is 0 Å². The van der Waals surface area contributed by atoms with Crippen molar-refractivity contribution < 1.29 is 0 Å². The summed E-state index contributed by atoms with van der Waals surface area (Å²) in [6.45, 7) is 0. The lowest BCUT2D eigenvalue weighted by molar-refractivity contribution is 1.12. The monoisotopic (exact) mass is 445 g/mol. The normalized spacial score (nSPS) is 10.9. The van der Waals surface area contributed by atoms with Gasteiger partial charge in [0.05, 0.1) is 16.7 Å². The van der Waals surface area contributed by atoms with Gasteiger partial charge in [0, 0.05) is 39.6 Å². The van der Waals surface area contributed by atoms with E-state index in [0.29, 0.717) is 11.6 Å². The van der Waals surface area contributed by atoms with Crippen molar-refractivity contribution >= 4 is 57.6 Å². The van der Waals surface area contributed by atoms with E-state index in [1.807, 2.05) is 98.7 Å². The van der Waals surface area contributed by atoms with Crippen molar-refractivity contribution in [2.75, 3.05) is 43.3 Å². The van der Waals surface area contributed by atoms with Crippen LogP contribution in [0.15, 0.2) is 81.1 Å². The van der Waals surface area contributed by atoms with Gasteiger partial charge in [0.1, 0.15) is 0 Å². The first-order valence-electron chi connectivity index (χ1n) is 9.12. The Morgan fingerprint density at radius 2 is 0.933 bits per heavy atom. The minimum atomic E-state index is 0.194. The van der Waals surface area contributed by atoms with Gasteiger partial charge in [0.15, 0.2) is 11.6 Å². The van der Waals surface area contributed by atoms with Gasteiger partial charge >= 0.3 is 0 Å². The molecule has 0 saturated heterocycles. The van der Waals surface area contributed by atoms with Gasteiger partial charge in [0.25, 0.3) is 0 Å². The van der Waals surface area contributed by atoms with Gasteiger partial charge in [0.2, 0.25) is 0 Å². The van der Waals surface area contributed by atoms with Crippen LogP contribution < -0.4 is 9.80 Å². The molecule has 9 heteroatoms. The molecule has 0 aliphatic rings. The maximum absolute atomic E-state index is 4.76. The summed E-state index contributed by atoms with van der Waals surface area (Å²) in [6.07, 6.45) is 0. The van der Waals surface area contributed by atoms with Crippen LogP contribution in [0.4, 0.5) is 34.4 Å². The number of azo groups is 2. The molecule has 2 aromatic carbocycles. The Labute approximate surface area is 187 Å². The lowest BCUT2D eigenvalue weighted by Gasteiger charge is -2.11. The SMILES string of the molecule is CN(C)c1ccc(N=Nc2ccc(N=Nc3ccc(N(C)C)cc3)[nH]2)cc1.ClCCl. The van der Waals surface area contributed by atoms with Crippen LogP contribution in [0.5, 0.6) is 0 Å². The summed E-state index contributed by atoms with van der Waals surface area (Å²) < 4.78 is 0. The van der Waals surface area contributed by atoms with Gasteiger partial charge in [-0.2, -0.15) is 0 Å². The van der Waals surface area contributed by atoms with Crippen molar-refractivity contribution in [2.24, 2.45) is 20.5 Å². The summed E-state index contributed by atoms with van der Waals surface area (Å²) in [5.41, 5.74) is 3.82. The van der Waals surface area contributed by atoms with Crippen molar-refractivity contribution in [3.8, 4) is 0 Å². The predicted molar refractivity (Wildman–Crippen MR) is 127 cm³/mol. The molecule has 1 heterocycles. The van der Waals surface area contributed by atoms with Gasteiger partial charge < -0.3 is 14.8 Å². The molecule has 3 aromatic rings. The zero-order chi connectivity index (χ0) is 21.9. The largest absolute Gasteiger partial charge is 0.378 e. The first kappa shape index (κ1) is 23.4. The summed E-state index contributed by atoms with van der Waals surface area (Å²) in [6, 6.07) is 19.4. The highest BCUT2D eigenvalue weighted by molar-refractivity contribution is 6.40. The Morgan fingerprint density at radius 1 is 0.600 bits per heavy atom.